The van der Waals surface area contributed by atoms with Crippen LogP contribution in [0.2, 0.25) is 0 Å². The highest BCUT2D eigenvalue weighted by molar-refractivity contribution is 8.08. The molecule has 2 amide bonds. The molecule has 0 bridgehead atoms. The molecule has 0 aromatic heterocycles. The Morgan fingerprint density at radius 2 is 0.931 bits per heavy atom. The molecule has 0 atom stereocenters. The second-order valence-corrected chi connectivity index (χ2v) is 12.6. The van der Waals surface area contributed by atoms with Gasteiger partial charge in [0.25, 0.3) is 11.8 Å². The molecule has 1 aliphatic heterocycles. The van der Waals surface area contributed by atoms with E-state index in [1.807, 2.05) is 20.8 Å². The van der Waals surface area contributed by atoms with Crippen LogP contribution in [-0.4, -0.2) is 32.8 Å². The highest BCUT2D eigenvalue weighted by atomic mass is 32.2. The molecule has 3 nitrogen and oxygen atoms in total. The summed E-state index contributed by atoms with van der Waals surface area (Å²) >= 11 is 3.47. The molecule has 0 unspecified atom stereocenters. The van der Waals surface area contributed by atoms with Crippen LogP contribution in [-0.2, 0) is 9.59 Å². The number of carbonyl (C=O) groups is 2. The Morgan fingerprint density at radius 1 is 0.621 bits per heavy atom. The van der Waals surface area contributed by atoms with E-state index in [4.69, 9.17) is 0 Å². The lowest BCUT2D eigenvalue weighted by Crippen LogP contribution is -2.46. The number of thioether (sulfide) groups is 2. The average Bonchev–Trinajstić information content (AvgIpc) is 2.82. The van der Waals surface area contributed by atoms with Gasteiger partial charge in [-0.1, -0.05) is 64.2 Å². The van der Waals surface area contributed by atoms with Crippen LogP contribution in [0.15, 0.2) is 9.81 Å². The fourth-order valence-electron chi connectivity index (χ4n) is 4.71. The van der Waals surface area contributed by atoms with Crippen molar-refractivity contribution in [3.63, 3.8) is 0 Å². The zero-order valence-corrected chi connectivity index (χ0v) is 20.3. The van der Waals surface area contributed by atoms with E-state index in [1.165, 1.54) is 94.8 Å². The normalized spacial score (nSPS) is 24.4. The standard InChI is InChI=1S/C24H39NO2S2/c1-24(2,3)25-22(26)20(28-18-14-10-6-4-7-11-15-18)21(23(25)27)29-19-16-12-8-5-9-13-17-19/h18-19H,4-17H2,1-3H3. The third-order valence-corrected chi connectivity index (χ3v) is 9.31. The summed E-state index contributed by atoms with van der Waals surface area (Å²) < 4.78 is 0. The molecule has 3 rings (SSSR count). The number of carbonyl (C=O) groups excluding carboxylic acids is 2. The fraction of sp³-hybridized carbons (Fsp3) is 0.833. The lowest BCUT2D eigenvalue weighted by molar-refractivity contribution is -0.142. The first kappa shape index (κ1) is 23.2. The van der Waals surface area contributed by atoms with Gasteiger partial charge in [0.15, 0.2) is 0 Å². The molecule has 0 saturated heterocycles. The third kappa shape index (κ3) is 6.29. The van der Waals surface area contributed by atoms with Gasteiger partial charge in [-0.15, -0.1) is 23.5 Å². The first-order valence-corrected chi connectivity index (χ1v) is 13.6. The lowest BCUT2D eigenvalue weighted by Gasteiger charge is -2.30. The van der Waals surface area contributed by atoms with Crippen LogP contribution in [0.3, 0.4) is 0 Å². The van der Waals surface area contributed by atoms with Crippen LogP contribution < -0.4 is 0 Å². The van der Waals surface area contributed by atoms with Crippen molar-refractivity contribution in [3.8, 4) is 0 Å². The SMILES string of the molecule is CC(C)(C)N1C(=O)C(SC2CCCCCCC2)=C(SC2CCCCCCC2)C1=O. The van der Waals surface area contributed by atoms with Crippen molar-refractivity contribution in [2.24, 2.45) is 0 Å². The number of nitrogens with zero attached hydrogens (tertiary/aromatic N) is 1. The molecule has 1 heterocycles. The number of hydrogen-bond acceptors (Lipinski definition) is 4. The topological polar surface area (TPSA) is 37.4 Å². The second kappa shape index (κ2) is 10.7. The molecule has 0 aromatic rings. The maximum Gasteiger partial charge on any atom is 0.269 e. The zero-order valence-electron chi connectivity index (χ0n) is 18.6. The summed E-state index contributed by atoms with van der Waals surface area (Å²) in [6.45, 7) is 5.93. The summed E-state index contributed by atoms with van der Waals surface area (Å²) in [4.78, 5) is 29.8. The van der Waals surface area contributed by atoms with E-state index in [0.29, 0.717) is 10.5 Å². The molecule has 164 valence electrons. The van der Waals surface area contributed by atoms with Gasteiger partial charge < -0.3 is 0 Å². The van der Waals surface area contributed by atoms with Crippen molar-refractivity contribution >= 4 is 35.3 Å². The van der Waals surface area contributed by atoms with E-state index in [0.717, 1.165) is 9.81 Å². The molecule has 0 radical (unpaired) electrons. The van der Waals surface area contributed by atoms with Gasteiger partial charge in [-0.3, -0.25) is 14.5 Å². The van der Waals surface area contributed by atoms with Gasteiger partial charge in [-0.2, -0.15) is 0 Å². The van der Waals surface area contributed by atoms with Gasteiger partial charge in [0.2, 0.25) is 0 Å². The molecule has 29 heavy (non-hydrogen) atoms. The Hall–Kier alpha value is -0.420. The van der Waals surface area contributed by atoms with Crippen molar-refractivity contribution in [1.29, 1.82) is 0 Å². The van der Waals surface area contributed by atoms with E-state index in [9.17, 15) is 9.59 Å². The van der Waals surface area contributed by atoms with Gasteiger partial charge in [0.05, 0.1) is 9.81 Å². The van der Waals surface area contributed by atoms with Gasteiger partial charge in [0.1, 0.15) is 0 Å². The van der Waals surface area contributed by atoms with Gasteiger partial charge in [-0.05, 0) is 46.5 Å². The maximum atomic E-state index is 13.4. The molecule has 2 saturated carbocycles. The van der Waals surface area contributed by atoms with Crippen LogP contribution in [0.25, 0.3) is 0 Å². The van der Waals surface area contributed by atoms with Crippen molar-refractivity contribution in [2.45, 2.75) is 127 Å². The summed E-state index contributed by atoms with van der Waals surface area (Å²) in [6.07, 6.45) is 17.6. The minimum Gasteiger partial charge on any atom is -0.268 e. The highest BCUT2D eigenvalue weighted by Crippen LogP contribution is 2.45. The summed E-state index contributed by atoms with van der Waals surface area (Å²) in [7, 11) is 0. The Kier molecular flexibility index (Phi) is 8.62. The van der Waals surface area contributed by atoms with Crippen molar-refractivity contribution in [2.75, 3.05) is 0 Å². The zero-order chi connectivity index (χ0) is 20.9. The minimum absolute atomic E-state index is 0.0390. The maximum absolute atomic E-state index is 13.4. The molecule has 0 spiro atoms. The smallest absolute Gasteiger partial charge is 0.268 e. The van der Waals surface area contributed by atoms with Gasteiger partial charge in [-0.25, -0.2) is 0 Å². The summed E-state index contributed by atoms with van der Waals surface area (Å²) in [5.74, 6) is -0.0780. The van der Waals surface area contributed by atoms with E-state index in [-0.39, 0.29) is 11.8 Å². The fourth-order valence-corrected chi connectivity index (χ4v) is 7.58. The van der Waals surface area contributed by atoms with Crippen LogP contribution in [0.5, 0.6) is 0 Å². The minimum atomic E-state index is -0.468. The number of hydrogen-bond donors (Lipinski definition) is 0. The molecule has 2 aliphatic carbocycles. The summed E-state index contributed by atoms with van der Waals surface area (Å²) in [5.41, 5.74) is -0.468. The first-order chi connectivity index (χ1) is 13.9. The number of imide groups is 1. The largest absolute Gasteiger partial charge is 0.269 e. The number of rotatable bonds is 4. The Morgan fingerprint density at radius 3 is 1.24 bits per heavy atom. The van der Waals surface area contributed by atoms with Crippen molar-refractivity contribution in [1.82, 2.24) is 4.90 Å². The summed E-state index contributed by atoms with van der Waals surface area (Å²) in [6, 6.07) is 0. The Labute approximate surface area is 186 Å². The van der Waals surface area contributed by atoms with Crippen LogP contribution in [0.1, 0.15) is 111 Å². The van der Waals surface area contributed by atoms with Crippen LogP contribution in [0, 0.1) is 0 Å². The van der Waals surface area contributed by atoms with E-state index in [1.54, 1.807) is 23.5 Å². The predicted octanol–water partition coefficient (Wildman–Crippen LogP) is 7.06. The Balaban J connectivity index is 1.81. The van der Waals surface area contributed by atoms with Crippen molar-refractivity contribution in [3.05, 3.63) is 9.81 Å². The van der Waals surface area contributed by atoms with Crippen molar-refractivity contribution < 1.29 is 9.59 Å². The molecular weight excluding hydrogens is 398 g/mol. The first-order valence-electron chi connectivity index (χ1n) is 11.8. The molecule has 0 aromatic carbocycles. The van der Waals surface area contributed by atoms with E-state index >= 15 is 0 Å². The lowest BCUT2D eigenvalue weighted by atomic mass is 10.0. The molecular formula is C24H39NO2S2. The van der Waals surface area contributed by atoms with E-state index in [2.05, 4.69) is 0 Å². The van der Waals surface area contributed by atoms with Gasteiger partial charge >= 0.3 is 0 Å². The average molecular weight is 438 g/mol. The van der Waals surface area contributed by atoms with Crippen LogP contribution >= 0.6 is 23.5 Å². The highest BCUT2D eigenvalue weighted by Gasteiger charge is 2.45. The number of amides is 2. The summed E-state index contributed by atoms with van der Waals surface area (Å²) in [5, 5.41) is 0.963. The van der Waals surface area contributed by atoms with Gasteiger partial charge in [0, 0.05) is 16.0 Å². The van der Waals surface area contributed by atoms with E-state index < -0.39 is 5.54 Å². The Bertz CT molecular complexity index is 561. The monoisotopic (exact) mass is 437 g/mol. The molecule has 5 heteroatoms. The molecule has 0 N–H and O–H groups in total. The quantitative estimate of drug-likeness (QED) is 0.441. The third-order valence-electron chi connectivity index (χ3n) is 6.35. The predicted molar refractivity (Wildman–Crippen MR) is 126 cm³/mol. The second-order valence-electron chi connectivity index (χ2n) is 9.94. The molecule has 2 fully saturated rings. The van der Waals surface area contributed by atoms with Crippen LogP contribution in [0.4, 0.5) is 0 Å². The molecule has 3 aliphatic rings.